The van der Waals surface area contributed by atoms with Crippen LogP contribution in [0, 0.1) is 0 Å². The fourth-order valence-corrected chi connectivity index (χ4v) is 1.91. The lowest BCUT2D eigenvalue weighted by Gasteiger charge is -2.35. The Kier molecular flexibility index (Phi) is 5.43. The molecule has 0 N–H and O–H groups in total. The van der Waals surface area contributed by atoms with Crippen molar-refractivity contribution in [2.75, 3.05) is 45.9 Å². The molecule has 0 atom stereocenters. The van der Waals surface area contributed by atoms with Gasteiger partial charge >= 0.3 is 6.18 Å². The van der Waals surface area contributed by atoms with Crippen LogP contribution in [0.15, 0.2) is 0 Å². The zero-order valence-corrected chi connectivity index (χ0v) is 11.4. The Hall–Kier alpha value is -0.330. The van der Waals surface area contributed by atoms with Crippen LogP contribution >= 0.6 is 0 Å². The van der Waals surface area contributed by atoms with Gasteiger partial charge in [-0.05, 0) is 20.8 Å². The van der Waals surface area contributed by atoms with E-state index >= 15 is 0 Å². The van der Waals surface area contributed by atoms with Gasteiger partial charge in [-0.3, -0.25) is 9.80 Å². The lowest BCUT2D eigenvalue weighted by molar-refractivity contribution is -0.149. The molecule has 1 rings (SSSR count). The van der Waals surface area contributed by atoms with E-state index in [2.05, 4.69) is 4.90 Å². The minimum Gasteiger partial charge on any atom is -0.375 e. The molecule has 0 aromatic rings. The molecule has 0 radical (unpaired) electrons. The molecule has 18 heavy (non-hydrogen) atoms. The maximum Gasteiger partial charge on any atom is 0.401 e. The van der Waals surface area contributed by atoms with Crippen LogP contribution in [0.2, 0.25) is 0 Å². The average Bonchev–Trinajstić information content (AvgIpc) is 2.16. The first kappa shape index (κ1) is 15.7. The monoisotopic (exact) mass is 268 g/mol. The molecule has 6 heteroatoms. The molecule has 0 spiro atoms. The minimum absolute atomic E-state index is 0.155. The standard InChI is InChI=1S/C12H23F3N2O/c1-11(2,3)18-9-8-16-4-6-17(7-5-16)10-12(13,14)15/h4-10H2,1-3H3. The number of halogens is 3. The van der Waals surface area contributed by atoms with E-state index in [1.807, 2.05) is 20.8 Å². The van der Waals surface area contributed by atoms with Gasteiger partial charge in [0.2, 0.25) is 0 Å². The van der Waals surface area contributed by atoms with E-state index < -0.39 is 12.7 Å². The van der Waals surface area contributed by atoms with Crippen molar-refractivity contribution in [3.8, 4) is 0 Å². The molecule has 0 aromatic heterocycles. The van der Waals surface area contributed by atoms with Crippen LogP contribution in [0.5, 0.6) is 0 Å². The highest BCUT2D eigenvalue weighted by Crippen LogP contribution is 2.17. The second kappa shape index (κ2) is 6.21. The zero-order chi connectivity index (χ0) is 13.8. The first-order valence-electron chi connectivity index (χ1n) is 6.31. The quantitative estimate of drug-likeness (QED) is 0.775. The van der Waals surface area contributed by atoms with E-state index in [0.29, 0.717) is 32.8 Å². The number of ether oxygens (including phenoxy) is 1. The summed E-state index contributed by atoms with van der Waals surface area (Å²) in [7, 11) is 0. The molecular weight excluding hydrogens is 245 g/mol. The predicted octanol–water partition coefficient (Wildman–Crippen LogP) is 1.98. The topological polar surface area (TPSA) is 15.7 Å². The molecule has 0 aliphatic carbocycles. The van der Waals surface area contributed by atoms with Crippen molar-refractivity contribution in [2.24, 2.45) is 0 Å². The van der Waals surface area contributed by atoms with Crippen molar-refractivity contribution >= 4 is 0 Å². The van der Waals surface area contributed by atoms with Crippen molar-refractivity contribution in [2.45, 2.75) is 32.5 Å². The van der Waals surface area contributed by atoms with Gasteiger partial charge in [-0.25, -0.2) is 0 Å². The van der Waals surface area contributed by atoms with Gasteiger partial charge in [-0.1, -0.05) is 0 Å². The number of hydrogen-bond donors (Lipinski definition) is 0. The number of alkyl halides is 3. The molecule has 3 nitrogen and oxygen atoms in total. The minimum atomic E-state index is -4.09. The summed E-state index contributed by atoms with van der Waals surface area (Å²) in [5.41, 5.74) is -0.155. The summed E-state index contributed by atoms with van der Waals surface area (Å²) in [4.78, 5) is 3.61. The van der Waals surface area contributed by atoms with Gasteiger partial charge in [-0.2, -0.15) is 13.2 Å². The lowest BCUT2D eigenvalue weighted by atomic mass is 10.2. The summed E-state index contributed by atoms with van der Waals surface area (Å²) in [6, 6.07) is 0. The first-order chi connectivity index (χ1) is 8.16. The lowest BCUT2D eigenvalue weighted by Crippen LogP contribution is -2.50. The van der Waals surface area contributed by atoms with Crippen molar-refractivity contribution < 1.29 is 17.9 Å². The summed E-state index contributed by atoms with van der Waals surface area (Å²) in [6.07, 6.45) is -4.09. The number of nitrogens with zero attached hydrogens (tertiary/aromatic N) is 2. The van der Waals surface area contributed by atoms with Gasteiger partial charge in [-0.15, -0.1) is 0 Å². The predicted molar refractivity (Wildman–Crippen MR) is 64.6 cm³/mol. The maximum atomic E-state index is 12.2. The Morgan fingerprint density at radius 3 is 1.89 bits per heavy atom. The third-order valence-corrected chi connectivity index (χ3v) is 2.81. The van der Waals surface area contributed by atoms with Crippen LogP contribution in [0.1, 0.15) is 20.8 Å². The third-order valence-electron chi connectivity index (χ3n) is 2.81. The summed E-state index contributed by atoms with van der Waals surface area (Å²) < 4.78 is 42.2. The van der Waals surface area contributed by atoms with E-state index in [9.17, 15) is 13.2 Å². The van der Waals surface area contributed by atoms with Crippen LogP contribution in [0.4, 0.5) is 13.2 Å². The van der Waals surface area contributed by atoms with Gasteiger partial charge in [0.15, 0.2) is 0 Å². The second-order valence-corrected chi connectivity index (χ2v) is 5.69. The normalized spacial score (nSPS) is 20.3. The Morgan fingerprint density at radius 1 is 0.944 bits per heavy atom. The van der Waals surface area contributed by atoms with E-state index in [-0.39, 0.29) is 5.60 Å². The molecule has 1 heterocycles. The van der Waals surface area contributed by atoms with Crippen LogP contribution in [0.3, 0.4) is 0 Å². The molecule has 0 amide bonds. The van der Waals surface area contributed by atoms with E-state index in [1.54, 1.807) is 0 Å². The van der Waals surface area contributed by atoms with Crippen molar-refractivity contribution in [3.05, 3.63) is 0 Å². The highest BCUT2D eigenvalue weighted by molar-refractivity contribution is 4.74. The molecule has 1 saturated heterocycles. The van der Waals surface area contributed by atoms with Gasteiger partial charge in [0.1, 0.15) is 0 Å². The van der Waals surface area contributed by atoms with Gasteiger partial charge in [0, 0.05) is 32.7 Å². The highest BCUT2D eigenvalue weighted by atomic mass is 19.4. The molecule has 1 fully saturated rings. The molecule has 0 aromatic carbocycles. The van der Waals surface area contributed by atoms with E-state index in [0.717, 1.165) is 6.54 Å². The number of rotatable bonds is 4. The number of piperazine rings is 1. The smallest absolute Gasteiger partial charge is 0.375 e. The first-order valence-corrected chi connectivity index (χ1v) is 6.31. The Morgan fingerprint density at radius 2 is 1.44 bits per heavy atom. The fourth-order valence-electron chi connectivity index (χ4n) is 1.91. The van der Waals surface area contributed by atoms with E-state index in [1.165, 1.54) is 4.90 Å². The molecule has 108 valence electrons. The summed E-state index contributed by atoms with van der Waals surface area (Å²) >= 11 is 0. The molecule has 1 aliphatic rings. The van der Waals surface area contributed by atoms with Crippen LogP contribution in [0.25, 0.3) is 0 Å². The van der Waals surface area contributed by atoms with Crippen molar-refractivity contribution in [1.29, 1.82) is 0 Å². The highest BCUT2D eigenvalue weighted by Gasteiger charge is 2.32. The molecule has 1 aliphatic heterocycles. The van der Waals surface area contributed by atoms with Gasteiger partial charge in [0.05, 0.1) is 18.8 Å². The average molecular weight is 268 g/mol. The van der Waals surface area contributed by atoms with Crippen molar-refractivity contribution in [1.82, 2.24) is 9.80 Å². The summed E-state index contributed by atoms with van der Waals surface area (Å²) in [6.45, 7) is 8.94. The Bertz CT molecular complexity index is 243. The molecular formula is C12H23F3N2O. The van der Waals surface area contributed by atoms with Gasteiger partial charge in [0.25, 0.3) is 0 Å². The fraction of sp³-hybridized carbons (Fsp3) is 1.00. The van der Waals surface area contributed by atoms with Crippen LogP contribution in [-0.4, -0.2) is 67.5 Å². The molecule has 0 unspecified atom stereocenters. The van der Waals surface area contributed by atoms with Crippen LogP contribution in [-0.2, 0) is 4.74 Å². The summed E-state index contributed by atoms with van der Waals surface area (Å²) in [5.74, 6) is 0. The van der Waals surface area contributed by atoms with Gasteiger partial charge < -0.3 is 4.74 Å². The zero-order valence-electron chi connectivity index (χ0n) is 11.4. The Balaban J connectivity index is 2.16. The second-order valence-electron chi connectivity index (χ2n) is 5.69. The molecule has 0 bridgehead atoms. The largest absolute Gasteiger partial charge is 0.401 e. The van der Waals surface area contributed by atoms with Crippen molar-refractivity contribution in [3.63, 3.8) is 0 Å². The molecule has 0 saturated carbocycles. The SMILES string of the molecule is CC(C)(C)OCCN1CCN(CC(F)(F)F)CC1. The van der Waals surface area contributed by atoms with Crippen LogP contribution < -0.4 is 0 Å². The summed E-state index contributed by atoms with van der Waals surface area (Å²) in [5, 5.41) is 0. The number of hydrogen-bond acceptors (Lipinski definition) is 3. The van der Waals surface area contributed by atoms with E-state index in [4.69, 9.17) is 4.74 Å². The maximum absolute atomic E-state index is 12.2. The Labute approximate surface area is 107 Å². The third kappa shape index (κ3) is 7.18.